The molecule has 0 rings (SSSR count). The van der Waals surface area contributed by atoms with E-state index in [1.165, 1.54) is 0 Å². The predicted molar refractivity (Wildman–Crippen MR) is 51.8 cm³/mol. The van der Waals surface area contributed by atoms with Gasteiger partial charge in [0.05, 0.1) is 0 Å². The van der Waals surface area contributed by atoms with Crippen LogP contribution in [-0.2, 0) is 0 Å². The monoisotopic (exact) mass is 169 g/mol. The Balaban J connectivity index is 4.14. The summed E-state index contributed by atoms with van der Waals surface area (Å²) in [6, 6.07) is 0.413. The molecular formula is C10H19NO. The lowest BCUT2D eigenvalue weighted by Gasteiger charge is -2.29. The molecule has 1 N–H and O–H groups in total. The van der Waals surface area contributed by atoms with Gasteiger partial charge in [-0.2, -0.15) is 0 Å². The number of aliphatic hydroxyl groups is 1. The molecule has 2 nitrogen and oxygen atoms in total. The highest BCUT2D eigenvalue weighted by atomic mass is 16.3. The molecule has 0 fully saturated rings. The molecule has 0 radical (unpaired) electrons. The highest BCUT2D eigenvalue weighted by molar-refractivity contribution is 5.08. The topological polar surface area (TPSA) is 23.5 Å². The van der Waals surface area contributed by atoms with Crippen molar-refractivity contribution in [3.63, 3.8) is 0 Å². The number of hydrogen-bond acceptors (Lipinski definition) is 2. The molecule has 1 atom stereocenters. The van der Waals surface area contributed by atoms with E-state index in [0.29, 0.717) is 19.0 Å². The lowest BCUT2D eigenvalue weighted by molar-refractivity contribution is 0.0502. The van der Waals surface area contributed by atoms with Gasteiger partial charge in [-0.25, -0.2) is 0 Å². The summed E-state index contributed by atoms with van der Waals surface area (Å²) in [5.74, 6) is 2.43. The first-order chi connectivity index (χ1) is 5.45. The highest BCUT2D eigenvalue weighted by Crippen LogP contribution is 2.11. The highest BCUT2D eigenvalue weighted by Gasteiger charge is 2.23. The van der Waals surface area contributed by atoms with E-state index in [9.17, 15) is 5.11 Å². The van der Waals surface area contributed by atoms with Crippen LogP contribution >= 0.6 is 0 Å². The predicted octanol–water partition coefficient (Wildman–Crippen LogP) is 1.10. The number of hydrogen-bond donors (Lipinski definition) is 1. The van der Waals surface area contributed by atoms with Crippen molar-refractivity contribution in [3.05, 3.63) is 0 Å². The van der Waals surface area contributed by atoms with Crippen LogP contribution in [0, 0.1) is 12.3 Å². The summed E-state index contributed by atoms with van der Waals surface area (Å²) in [6.07, 6.45) is 5.84. The summed E-state index contributed by atoms with van der Waals surface area (Å²) in [5.41, 5.74) is -0.959. The molecule has 0 aliphatic carbocycles. The maximum atomic E-state index is 9.77. The Hall–Kier alpha value is -0.520. The van der Waals surface area contributed by atoms with Crippen LogP contribution in [0.2, 0.25) is 0 Å². The summed E-state index contributed by atoms with van der Waals surface area (Å²) in [7, 11) is 1.96. The Morgan fingerprint density at radius 3 is 2.33 bits per heavy atom. The molecular weight excluding hydrogens is 150 g/mol. The van der Waals surface area contributed by atoms with Crippen LogP contribution in [-0.4, -0.2) is 35.2 Å². The van der Waals surface area contributed by atoms with Gasteiger partial charge >= 0.3 is 0 Å². The van der Waals surface area contributed by atoms with Gasteiger partial charge in [0, 0.05) is 12.6 Å². The number of rotatable bonds is 4. The van der Waals surface area contributed by atoms with Crippen LogP contribution < -0.4 is 0 Å². The van der Waals surface area contributed by atoms with Crippen molar-refractivity contribution in [2.45, 2.75) is 38.8 Å². The second-order valence-electron chi connectivity index (χ2n) is 3.54. The quantitative estimate of drug-likeness (QED) is 0.637. The zero-order valence-electron chi connectivity index (χ0n) is 8.46. The molecule has 0 aliphatic rings. The van der Waals surface area contributed by atoms with Crippen LogP contribution in [0.25, 0.3) is 0 Å². The second kappa shape index (κ2) is 4.49. The van der Waals surface area contributed by atoms with Gasteiger partial charge in [-0.1, -0.05) is 12.8 Å². The fourth-order valence-electron chi connectivity index (χ4n) is 0.855. The molecule has 0 aromatic carbocycles. The molecule has 0 aliphatic heterocycles. The third kappa shape index (κ3) is 3.25. The molecule has 0 aromatic heterocycles. The summed E-state index contributed by atoms with van der Waals surface area (Å²) >= 11 is 0. The Labute approximate surface area is 75.6 Å². The minimum absolute atomic E-state index is 0.413. The molecule has 2 heteroatoms. The molecule has 0 spiro atoms. The Kier molecular flexibility index (Phi) is 4.30. The van der Waals surface area contributed by atoms with Gasteiger partial charge < -0.3 is 10.0 Å². The van der Waals surface area contributed by atoms with Gasteiger partial charge in [0.25, 0.3) is 0 Å². The minimum Gasteiger partial charge on any atom is -0.376 e. The van der Waals surface area contributed by atoms with Crippen LogP contribution in [0.4, 0.5) is 0 Å². The average Bonchev–Trinajstić information content (AvgIpc) is 2.04. The van der Waals surface area contributed by atoms with Crippen molar-refractivity contribution < 1.29 is 5.11 Å². The van der Waals surface area contributed by atoms with Crippen LogP contribution in [0.3, 0.4) is 0 Å². The summed E-state index contributed by atoms with van der Waals surface area (Å²) < 4.78 is 0. The third-order valence-electron chi connectivity index (χ3n) is 2.25. The normalized spacial score (nSPS) is 16.2. The lowest BCUT2D eigenvalue weighted by Crippen LogP contribution is -2.42. The molecule has 0 amide bonds. The van der Waals surface area contributed by atoms with Gasteiger partial charge in [-0.15, -0.1) is 6.42 Å². The molecule has 0 heterocycles. The van der Waals surface area contributed by atoms with Crippen LogP contribution in [0.15, 0.2) is 0 Å². The van der Waals surface area contributed by atoms with E-state index in [2.05, 4.69) is 19.8 Å². The van der Waals surface area contributed by atoms with E-state index in [4.69, 9.17) is 6.42 Å². The van der Waals surface area contributed by atoms with Crippen molar-refractivity contribution in [3.8, 4) is 12.3 Å². The first kappa shape index (κ1) is 11.5. The molecule has 12 heavy (non-hydrogen) atoms. The van der Waals surface area contributed by atoms with Crippen molar-refractivity contribution in [1.29, 1.82) is 0 Å². The van der Waals surface area contributed by atoms with E-state index >= 15 is 0 Å². The SMILES string of the molecule is C#CC(O)(CC)CN(C)C(C)C. The van der Waals surface area contributed by atoms with Crippen molar-refractivity contribution in [1.82, 2.24) is 4.90 Å². The first-order valence-electron chi connectivity index (χ1n) is 4.35. The van der Waals surface area contributed by atoms with E-state index < -0.39 is 5.60 Å². The average molecular weight is 169 g/mol. The zero-order chi connectivity index (χ0) is 9.78. The molecule has 70 valence electrons. The Morgan fingerprint density at radius 1 is 1.58 bits per heavy atom. The molecule has 0 aromatic rings. The minimum atomic E-state index is -0.959. The number of nitrogens with zero attached hydrogens (tertiary/aromatic N) is 1. The summed E-state index contributed by atoms with van der Waals surface area (Å²) in [4.78, 5) is 2.04. The van der Waals surface area contributed by atoms with Crippen LogP contribution in [0.1, 0.15) is 27.2 Å². The zero-order valence-corrected chi connectivity index (χ0v) is 8.46. The van der Waals surface area contributed by atoms with Gasteiger partial charge in [0.2, 0.25) is 0 Å². The van der Waals surface area contributed by atoms with Crippen molar-refractivity contribution >= 4 is 0 Å². The number of terminal acetylenes is 1. The second-order valence-corrected chi connectivity index (χ2v) is 3.54. The van der Waals surface area contributed by atoms with E-state index in [-0.39, 0.29) is 0 Å². The summed E-state index contributed by atoms with van der Waals surface area (Å²) in [5, 5.41) is 9.77. The van der Waals surface area contributed by atoms with E-state index in [0.717, 1.165) is 0 Å². The molecule has 0 saturated carbocycles. The standard InChI is InChI=1S/C10H19NO/c1-6-10(12,7-2)8-11(5)9(3)4/h1,9,12H,7-8H2,2-5H3. The maximum absolute atomic E-state index is 9.77. The number of likely N-dealkylation sites (N-methyl/N-ethyl adjacent to an activating group) is 1. The van der Waals surface area contributed by atoms with Crippen LogP contribution in [0.5, 0.6) is 0 Å². The van der Waals surface area contributed by atoms with Gasteiger partial charge in [-0.3, -0.25) is 0 Å². The van der Waals surface area contributed by atoms with Gasteiger partial charge in [0.15, 0.2) is 0 Å². The van der Waals surface area contributed by atoms with E-state index in [1.807, 2.05) is 18.9 Å². The Morgan fingerprint density at radius 2 is 2.08 bits per heavy atom. The fraction of sp³-hybridized carbons (Fsp3) is 0.800. The Bertz CT molecular complexity index is 171. The first-order valence-corrected chi connectivity index (χ1v) is 4.35. The third-order valence-corrected chi connectivity index (χ3v) is 2.25. The van der Waals surface area contributed by atoms with Gasteiger partial charge in [-0.05, 0) is 27.3 Å². The lowest BCUT2D eigenvalue weighted by atomic mass is 10.0. The van der Waals surface area contributed by atoms with E-state index in [1.54, 1.807) is 0 Å². The molecule has 0 saturated heterocycles. The fourth-order valence-corrected chi connectivity index (χ4v) is 0.855. The van der Waals surface area contributed by atoms with Crippen molar-refractivity contribution in [2.24, 2.45) is 0 Å². The van der Waals surface area contributed by atoms with Crippen molar-refractivity contribution in [2.75, 3.05) is 13.6 Å². The van der Waals surface area contributed by atoms with Gasteiger partial charge in [0.1, 0.15) is 5.60 Å². The maximum Gasteiger partial charge on any atom is 0.137 e. The summed E-state index contributed by atoms with van der Waals surface area (Å²) in [6.45, 7) is 6.59. The largest absolute Gasteiger partial charge is 0.376 e. The smallest absolute Gasteiger partial charge is 0.137 e. The molecule has 1 unspecified atom stereocenters. The molecule has 0 bridgehead atoms.